The van der Waals surface area contributed by atoms with Crippen LogP contribution in [-0.4, -0.2) is 20.8 Å². The lowest BCUT2D eigenvalue weighted by molar-refractivity contribution is 0.244. The first kappa shape index (κ1) is 13.1. The van der Waals surface area contributed by atoms with Crippen molar-refractivity contribution in [2.24, 2.45) is 5.73 Å². The van der Waals surface area contributed by atoms with Gasteiger partial charge in [-0.25, -0.2) is 0 Å². The minimum Gasteiger partial charge on any atom is -0.327 e. The summed E-state index contributed by atoms with van der Waals surface area (Å²) < 4.78 is 2.41. The lowest BCUT2D eigenvalue weighted by Crippen LogP contribution is -2.47. The minimum atomic E-state index is 0.0160. The molecule has 0 aliphatic heterocycles. The largest absolute Gasteiger partial charge is 0.327 e. The van der Waals surface area contributed by atoms with E-state index in [-0.39, 0.29) is 11.5 Å². The van der Waals surface area contributed by atoms with E-state index in [9.17, 15) is 0 Å². The normalized spacial score (nSPS) is 32.9. The molecule has 0 bridgehead atoms. The zero-order valence-corrected chi connectivity index (χ0v) is 12.2. The van der Waals surface area contributed by atoms with Crippen molar-refractivity contribution in [2.45, 2.75) is 82.7 Å². The topological polar surface area (TPSA) is 56.7 Å². The zero-order valence-electron chi connectivity index (χ0n) is 12.2. The highest BCUT2D eigenvalue weighted by molar-refractivity contribution is 5.16. The van der Waals surface area contributed by atoms with Crippen LogP contribution in [0.5, 0.6) is 0 Å². The Hall–Kier alpha value is -0.900. The molecular formula is C15H26N4. The summed E-state index contributed by atoms with van der Waals surface area (Å²) in [7, 11) is 0. The molecule has 4 nitrogen and oxygen atoms in total. The van der Waals surface area contributed by atoms with E-state index in [1.165, 1.54) is 38.5 Å². The first-order valence-electron chi connectivity index (χ1n) is 7.80. The van der Waals surface area contributed by atoms with Crippen LogP contribution >= 0.6 is 0 Å². The Morgan fingerprint density at radius 1 is 1.11 bits per heavy atom. The van der Waals surface area contributed by atoms with Crippen LogP contribution in [0.2, 0.25) is 0 Å². The van der Waals surface area contributed by atoms with Crippen molar-refractivity contribution >= 4 is 0 Å². The third-order valence-corrected chi connectivity index (χ3v) is 5.35. The Bertz CT molecular complexity index is 447. The van der Waals surface area contributed by atoms with Gasteiger partial charge in [-0.3, -0.25) is 0 Å². The second kappa shape index (κ2) is 4.89. The first-order chi connectivity index (χ1) is 9.13. The lowest BCUT2D eigenvalue weighted by atomic mass is 9.71. The molecule has 2 N–H and O–H groups in total. The minimum absolute atomic E-state index is 0.0160. The van der Waals surface area contributed by atoms with Crippen LogP contribution in [0.25, 0.3) is 0 Å². The predicted octanol–water partition coefficient (Wildman–Crippen LogP) is 2.86. The van der Waals surface area contributed by atoms with Gasteiger partial charge in [0.2, 0.25) is 0 Å². The van der Waals surface area contributed by atoms with Gasteiger partial charge in [0.25, 0.3) is 0 Å². The SMILES string of the molecule is Cc1nnc(C2(C)CCCCC2N)n1C1CCCC1. The monoisotopic (exact) mass is 262 g/mol. The smallest absolute Gasteiger partial charge is 0.140 e. The molecule has 2 aliphatic rings. The van der Waals surface area contributed by atoms with Gasteiger partial charge in [-0.1, -0.05) is 32.6 Å². The maximum Gasteiger partial charge on any atom is 0.140 e. The summed E-state index contributed by atoms with van der Waals surface area (Å²) in [6, 6.07) is 0.834. The molecule has 2 saturated carbocycles. The Labute approximate surface area is 115 Å². The molecule has 0 radical (unpaired) electrons. The second-order valence-corrected chi connectivity index (χ2v) is 6.65. The summed E-state index contributed by atoms with van der Waals surface area (Å²) in [4.78, 5) is 0. The quantitative estimate of drug-likeness (QED) is 0.891. The molecule has 0 amide bonds. The number of aromatic nitrogens is 3. The van der Waals surface area contributed by atoms with Crippen molar-refractivity contribution in [3.05, 3.63) is 11.6 Å². The molecule has 0 spiro atoms. The number of aryl methyl sites for hydroxylation is 1. The molecule has 1 heterocycles. The lowest BCUT2D eigenvalue weighted by Gasteiger charge is -2.39. The average Bonchev–Trinajstić information content (AvgIpc) is 3.01. The molecule has 3 rings (SSSR count). The first-order valence-corrected chi connectivity index (χ1v) is 7.80. The highest BCUT2D eigenvalue weighted by Crippen LogP contribution is 2.40. The molecule has 2 aliphatic carbocycles. The molecule has 4 heteroatoms. The predicted molar refractivity (Wildman–Crippen MR) is 76.1 cm³/mol. The Kier molecular flexibility index (Phi) is 3.37. The third kappa shape index (κ3) is 2.10. The Morgan fingerprint density at radius 2 is 1.79 bits per heavy atom. The van der Waals surface area contributed by atoms with Crippen molar-refractivity contribution in [1.82, 2.24) is 14.8 Å². The number of nitrogens with zero attached hydrogens (tertiary/aromatic N) is 3. The van der Waals surface area contributed by atoms with Gasteiger partial charge in [-0.05, 0) is 32.6 Å². The summed E-state index contributed by atoms with van der Waals surface area (Å²) in [5.41, 5.74) is 6.46. The van der Waals surface area contributed by atoms with Crippen molar-refractivity contribution in [3.63, 3.8) is 0 Å². The van der Waals surface area contributed by atoms with Crippen LogP contribution in [0.15, 0.2) is 0 Å². The molecule has 2 unspecified atom stereocenters. The van der Waals surface area contributed by atoms with E-state index in [0.29, 0.717) is 6.04 Å². The van der Waals surface area contributed by atoms with Crippen molar-refractivity contribution in [2.75, 3.05) is 0 Å². The van der Waals surface area contributed by atoms with E-state index < -0.39 is 0 Å². The highest BCUT2D eigenvalue weighted by atomic mass is 15.3. The fourth-order valence-electron chi connectivity index (χ4n) is 4.00. The molecule has 0 saturated heterocycles. The molecule has 19 heavy (non-hydrogen) atoms. The van der Waals surface area contributed by atoms with Gasteiger partial charge in [0.1, 0.15) is 11.6 Å². The molecule has 2 fully saturated rings. The van der Waals surface area contributed by atoms with Crippen LogP contribution in [0.3, 0.4) is 0 Å². The number of hydrogen-bond acceptors (Lipinski definition) is 3. The standard InChI is InChI=1S/C15H26N4/c1-11-17-18-14(19(11)12-7-3-4-8-12)15(2)10-6-5-9-13(15)16/h12-13H,3-10,16H2,1-2H3. The van der Waals surface area contributed by atoms with E-state index in [1.54, 1.807) is 0 Å². The maximum atomic E-state index is 6.44. The van der Waals surface area contributed by atoms with Gasteiger partial charge < -0.3 is 10.3 Å². The highest BCUT2D eigenvalue weighted by Gasteiger charge is 2.41. The van der Waals surface area contributed by atoms with Gasteiger partial charge in [-0.15, -0.1) is 10.2 Å². The second-order valence-electron chi connectivity index (χ2n) is 6.65. The van der Waals surface area contributed by atoms with Crippen LogP contribution in [-0.2, 0) is 5.41 Å². The van der Waals surface area contributed by atoms with Crippen LogP contribution in [0.1, 0.15) is 76.0 Å². The van der Waals surface area contributed by atoms with Gasteiger partial charge in [-0.2, -0.15) is 0 Å². The number of nitrogens with two attached hydrogens (primary N) is 1. The fraction of sp³-hybridized carbons (Fsp3) is 0.867. The summed E-state index contributed by atoms with van der Waals surface area (Å²) >= 11 is 0. The van der Waals surface area contributed by atoms with Gasteiger partial charge in [0.15, 0.2) is 0 Å². The summed E-state index contributed by atoms with van der Waals surface area (Å²) in [5.74, 6) is 2.23. The molecule has 2 atom stereocenters. The van der Waals surface area contributed by atoms with Gasteiger partial charge in [0, 0.05) is 17.5 Å². The van der Waals surface area contributed by atoms with Crippen LogP contribution in [0, 0.1) is 6.92 Å². The van der Waals surface area contributed by atoms with E-state index in [2.05, 4.69) is 28.6 Å². The zero-order chi connectivity index (χ0) is 13.5. The fourth-order valence-corrected chi connectivity index (χ4v) is 4.00. The summed E-state index contributed by atoms with van der Waals surface area (Å²) in [6.07, 6.45) is 10.0. The Balaban J connectivity index is 2.00. The average molecular weight is 262 g/mol. The molecule has 106 valence electrons. The van der Waals surface area contributed by atoms with E-state index in [0.717, 1.165) is 24.5 Å². The third-order valence-electron chi connectivity index (χ3n) is 5.35. The molecule has 1 aromatic heterocycles. The van der Waals surface area contributed by atoms with Crippen molar-refractivity contribution in [3.8, 4) is 0 Å². The summed E-state index contributed by atoms with van der Waals surface area (Å²) in [6.45, 7) is 4.39. The molecular weight excluding hydrogens is 236 g/mol. The Morgan fingerprint density at radius 3 is 2.47 bits per heavy atom. The van der Waals surface area contributed by atoms with E-state index in [1.807, 2.05) is 0 Å². The van der Waals surface area contributed by atoms with Crippen molar-refractivity contribution < 1.29 is 0 Å². The van der Waals surface area contributed by atoms with Crippen LogP contribution < -0.4 is 5.73 Å². The van der Waals surface area contributed by atoms with E-state index in [4.69, 9.17) is 5.73 Å². The molecule has 0 aromatic carbocycles. The van der Waals surface area contributed by atoms with Crippen molar-refractivity contribution in [1.29, 1.82) is 0 Å². The van der Waals surface area contributed by atoms with E-state index >= 15 is 0 Å². The van der Waals surface area contributed by atoms with Gasteiger partial charge in [0.05, 0.1) is 0 Å². The molecule has 1 aromatic rings. The number of rotatable bonds is 2. The van der Waals surface area contributed by atoms with Gasteiger partial charge >= 0.3 is 0 Å². The maximum absolute atomic E-state index is 6.44. The summed E-state index contributed by atoms with van der Waals surface area (Å²) in [5, 5.41) is 8.91. The number of hydrogen-bond donors (Lipinski definition) is 1. The van der Waals surface area contributed by atoms with Crippen LogP contribution in [0.4, 0.5) is 0 Å².